The van der Waals surface area contributed by atoms with E-state index in [1.807, 2.05) is 0 Å². The molecule has 2 aliphatic rings. The van der Waals surface area contributed by atoms with Gasteiger partial charge in [-0.3, -0.25) is 4.79 Å². The molecular formula is C12H22N2O. The molecule has 1 atom stereocenters. The number of amides is 1. The Balaban J connectivity index is 1.74. The number of hydrogen-bond donors (Lipinski definition) is 2. The van der Waals surface area contributed by atoms with E-state index in [2.05, 4.69) is 10.6 Å². The van der Waals surface area contributed by atoms with E-state index in [9.17, 15) is 4.79 Å². The molecule has 86 valence electrons. The Morgan fingerprint density at radius 3 is 2.53 bits per heavy atom. The summed E-state index contributed by atoms with van der Waals surface area (Å²) in [6, 6.07) is 0.383. The molecule has 3 heteroatoms. The molecule has 2 fully saturated rings. The molecular weight excluding hydrogens is 188 g/mol. The normalized spacial score (nSPS) is 28.7. The third-order valence-electron chi connectivity index (χ3n) is 3.62. The van der Waals surface area contributed by atoms with Crippen molar-refractivity contribution in [1.82, 2.24) is 10.6 Å². The Hall–Kier alpha value is -0.570. The van der Waals surface area contributed by atoms with E-state index in [0.29, 0.717) is 17.9 Å². The van der Waals surface area contributed by atoms with Crippen molar-refractivity contribution in [3.8, 4) is 0 Å². The van der Waals surface area contributed by atoms with Crippen molar-refractivity contribution >= 4 is 5.91 Å². The summed E-state index contributed by atoms with van der Waals surface area (Å²) < 4.78 is 0. The highest BCUT2D eigenvalue weighted by molar-refractivity contribution is 5.79. The number of nitrogens with one attached hydrogen (secondary N) is 2. The second kappa shape index (κ2) is 5.50. The summed E-state index contributed by atoms with van der Waals surface area (Å²) >= 11 is 0. The van der Waals surface area contributed by atoms with E-state index >= 15 is 0 Å². The molecule has 2 rings (SSSR count). The van der Waals surface area contributed by atoms with Gasteiger partial charge in [-0.25, -0.2) is 0 Å². The van der Waals surface area contributed by atoms with Gasteiger partial charge in [-0.15, -0.1) is 0 Å². The first-order chi connectivity index (χ1) is 7.36. The topological polar surface area (TPSA) is 41.1 Å². The SMILES string of the molecule is O=C(N[C@@H]1CCCNC1)C1CCCCC1. The van der Waals surface area contributed by atoms with Gasteiger partial charge in [0.05, 0.1) is 0 Å². The van der Waals surface area contributed by atoms with Crippen molar-refractivity contribution < 1.29 is 4.79 Å². The van der Waals surface area contributed by atoms with Gasteiger partial charge >= 0.3 is 0 Å². The van der Waals surface area contributed by atoms with Crippen LogP contribution in [-0.4, -0.2) is 25.0 Å². The van der Waals surface area contributed by atoms with E-state index in [0.717, 1.165) is 32.4 Å². The number of carbonyl (C=O) groups is 1. The van der Waals surface area contributed by atoms with Gasteiger partial charge in [0, 0.05) is 18.5 Å². The van der Waals surface area contributed by atoms with E-state index in [1.54, 1.807) is 0 Å². The molecule has 0 aromatic heterocycles. The van der Waals surface area contributed by atoms with Crippen molar-refractivity contribution in [2.24, 2.45) is 5.92 Å². The molecule has 0 unspecified atom stereocenters. The number of rotatable bonds is 2. The molecule has 2 N–H and O–H groups in total. The maximum absolute atomic E-state index is 11.9. The van der Waals surface area contributed by atoms with Gasteiger partial charge in [-0.05, 0) is 32.2 Å². The first kappa shape index (κ1) is 10.9. The average Bonchev–Trinajstić information content (AvgIpc) is 2.31. The zero-order valence-electron chi connectivity index (χ0n) is 9.43. The molecule has 1 saturated heterocycles. The van der Waals surface area contributed by atoms with Gasteiger partial charge in [0.25, 0.3) is 0 Å². The minimum absolute atomic E-state index is 0.306. The van der Waals surface area contributed by atoms with Crippen LogP contribution < -0.4 is 10.6 Å². The van der Waals surface area contributed by atoms with Crippen LogP contribution in [0.15, 0.2) is 0 Å². The summed E-state index contributed by atoms with van der Waals surface area (Å²) in [5, 5.41) is 6.52. The third-order valence-corrected chi connectivity index (χ3v) is 3.62. The van der Waals surface area contributed by atoms with Crippen LogP contribution in [0.1, 0.15) is 44.9 Å². The highest BCUT2D eigenvalue weighted by atomic mass is 16.1. The summed E-state index contributed by atoms with van der Waals surface area (Å²) in [5.74, 6) is 0.615. The lowest BCUT2D eigenvalue weighted by Gasteiger charge is -2.27. The Kier molecular flexibility index (Phi) is 4.01. The average molecular weight is 210 g/mol. The summed E-state index contributed by atoms with van der Waals surface area (Å²) in [5.41, 5.74) is 0. The fraction of sp³-hybridized carbons (Fsp3) is 0.917. The highest BCUT2D eigenvalue weighted by Gasteiger charge is 2.23. The molecule has 0 aromatic carbocycles. The minimum atomic E-state index is 0.306. The van der Waals surface area contributed by atoms with Crippen molar-refractivity contribution in [1.29, 1.82) is 0 Å². The summed E-state index contributed by atoms with van der Waals surface area (Å²) in [4.78, 5) is 11.9. The lowest BCUT2D eigenvalue weighted by atomic mass is 9.88. The highest BCUT2D eigenvalue weighted by Crippen LogP contribution is 2.23. The fourth-order valence-electron chi connectivity index (χ4n) is 2.66. The van der Waals surface area contributed by atoms with Crippen LogP contribution in [0.3, 0.4) is 0 Å². The standard InChI is InChI=1S/C12H22N2O/c15-12(10-5-2-1-3-6-10)14-11-7-4-8-13-9-11/h10-11,13H,1-9H2,(H,14,15)/t11-/m1/s1. The van der Waals surface area contributed by atoms with Crippen molar-refractivity contribution in [3.63, 3.8) is 0 Å². The van der Waals surface area contributed by atoms with Crippen molar-refractivity contribution in [2.75, 3.05) is 13.1 Å². The quantitative estimate of drug-likeness (QED) is 0.724. The van der Waals surface area contributed by atoms with Crippen molar-refractivity contribution in [3.05, 3.63) is 0 Å². The maximum atomic E-state index is 11.9. The Morgan fingerprint density at radius 1 is 1.07 bits per heavy atom. The number of piperidine rings is 1. The molecule has 0 radical (unpaired) electrons. The molecule has 15 heavy (non-hydrogen) atoms. The Bertz CT molecular complexity index is 206. The summed E-state index contributed by atoms with van der Waals surface area (Å²) in [6.45, 7) is 2.06. The molecule has 0 bridgehead atoms. The first-order valence-corrected chi connectivity index (χ1v) is 6.37. The first-order valence-electron chi connectivity index (χ1n) is 6.37. The number of hydrogen-bond acceptors (Lipinski definition) is 2. The summed E-state index contributed by atoms with van der Waals surface area (Å²) in [7, 11) is 0. The molecule has 0 spiro atoms. The predicted octanol–water partition coefficient (Wildman–Crippen LogP) is 1.43. The zero-order valence-corrected chi connectivity index (χ0v) is 9.43. The Morgan fingerprint density at radius 2 is 1.87 bits per heavy atom. The van der Waals surface area contributed by atoms with Gasteiger partial charge < -0.3 is 10.6 Å². The molecule has 1 saturated carbocycles. The van der Waals surface area contributed by atoms with Gasteiger partial charge in [0.2, 0.25) is 5.91 Å². The monoisotopic (exact) mass is 210 g/mol. The fourth-order valence-corrected chi connectivity index (χ4v) is 2.66. The minimum Gasteiger partial charge on any atom is -0.352 e. The largest absolute Gasteiger partial charge is 0.352 e. The van der Waals surface area contributed by atoms with Gasteiger partial charge in [0.1, 0.15) is 0 Å². The van der Waals surface area contributed by atoms with Gasteiger partial charge in [-0.1, -0.05) is 19.3 Å². The number of carbonyl (C=O) groups excluding carboxylic acids is 1. The molecule has 1 heterocycles. The van der Waals surface area contributed by atoms with Crippen LogP contribution in [0.5, 0.6) is 0 Å². The van der Waals surface area contributed by atoms with Crippen LogP contribution >= 0.6 is 0 Å². The van der Waals surface area contributed by atoms with Crippen LogP contribution in [0.2, 0.25) is 0 Å². The Labute approximate surface area is 92.0 Å². The third kappa shape index (κ3) is 3.20. The lowest BCUT2D eigenvalue weighted by Crippen LogP contribution is -2.47. The zero-order chi connectivity index (χ0) is 10.5. The smallest absolute Gasteiger partial charge is 0.223 e. The lowest BCUT2D eigenvalue weighted by molar-refractivity contribution is -0.126. The molecule has 3 nitrogen and oxygen atoms in total. The van der Waals surface area contributed by atoms with E-state index in [4.69, 9.17) is 0 Å². The van der Waals surface area contributed by atoms with E-state index in [1.165, 1.54) is 25.7 Å². The van der Waals surface area contributed by atoms with Crippen molar-refractivity contribution in [2.45, 2.75) is 51.0 Å². The maximum Gasteiger partial charge on any atom is 0.223 e. The van der Waals surface area contributed by atoms with Crippen LogP contribution in [-0.2, 0) is 4.79 Å². The molecule has 0 aromatic rings. The van der Waals surface area contributed by atoms with Crippen LogP contribution in [0.25, 0.3) is 0 Å². The predicted molar refractivity (Wildman–Crippen MR) is 60.6 cm³/mol. The summed E-state index contributed by atoms with van der Waals surface area (Å²) in [6.07, 6.45) is 8.33. The van der Waals surface area contributed by atoms with Gasteiger partial charge in [-0.2, -0.15) is 0 Å². The second-order valence-electron chi connectivity index (χ2n) is 4.89. The molecule has 1 aliphatic heterocycles. The molecule has 1 amide bonds. The van der Waals surface area contributed by atoms with E-state index in [-0.39, 0.29) is 0 Å². The van der Waals surface area contributed by atoms with Gasteiger partial charge in [0.15, 0.2) is 0 Å². The van der Waals surface area contributed by atoms with E-state index < -0.39 is 0 Å². The molecule has 1 aliphatic carbocycles. The second-order valence-corrected chi connectivity index (χ2v) is 4.89. The van der Waals surface area contributed by atoms with Crippen LogP contribution in [0, 0.1) is 5.92 Å². The van der Waals surface area contributed by atoms with Crippen LogP contribution in [0.4, 0.5) is 0 Å².